The van der Waals surface area contributed by atoms with Gasteiger partial charge >= 0.3 is 0 Å². The lowest BCUT2D eigenvalue weighted by molar-refractivity contribution is -0.122. The molecule has 1 aliphatic heterocycles. The Hall–Kier alpha value is -1.97. The van der Waals surface area contributed by atoms with Gasteiger partial charge in [0.25, 0.3) is 15.9 Å². The van der Waals surface area contributed by atoms with E-state index in [9.17, 15) is 17.6 Å². The van der Waals surface area contributed by atoms with Crippen molar-refractivity contribution in [2.24, 2.45) is 4.40 Å². The van der Waals surface area contributed by atoms with Crippen LogP contribution in [0, 0.1) is 5.82 Å². The van der Waals surface area contributed by atoms with E-state index in [0.717, 1.165) is 23.1 Å². The van der Waals surface area contributed by atoms with Gasteiger partial charge in [0.2, 0.25) is 0 Å². The van der Waals surface area contributed by atoms with Crippen molar-refractivity contribution in [1.82, 2.24) is 4.90 Å². The Morgan fingerprint density at radius 1 is 1.24 bits per heavy atom. The Morgan fingerprint density at radius 2 is 2.00 bits per heavy atom. The van der Waals surface area contributed by atoms with Crippen LogP contribution < -0.4 is 0 Å². The number of sulfonamides is 1. The lowest BCUT2D eigenvalue weighted by atomic mass is 10.2. The van der Waals surface area contributed by atoms with Crippen LogP contribution in [-0.2, 0) is 14.8 Å². The molecule has 0 saturated carbocycles. The lowest BCUT2D eigenvalue weighted by Crippen LogP contribution is -2.29. The number of amides is 1. The third kappa shape index (κ3) is 3.68. The van der Waals surface area contributed by atoms with Crippen molar-refractivity contribution >= 4 is 50.3 Å². The Morgan fingerprint density at radius 3 is 2.64 bits per heavy atom. The molecule has 1 aromatic heterocycles. The SMILES string of the molecule is CCN1C(=O)/C(=C/c2ccccc2F)SC1=NS(=O)(=O)c1cccs1. The molecule has 0 aliphatic carbocycles. The van der Waals surface area contributed by atoms with Crippen LogP contribution in [0.4, 0.5) is 4.39 Å². The largest absolute Gasteiger partial charge is 0.294 e. The summed E-state index contributed by atoms with van der Waals surface area (Å²) in [6, 6.07) is 9.13. The molecule has 1 amide bonds. The Kier molecular flexibility index (Phi) is 5.07. The first-order valence-corrected chi connectivity index (χ1v) is 10.4. The summed E-state index contributed by atoms with van der Waals surface area (Å²) >= 11 is 1.98. The molecule has 0 radical (unpaired) electrons. The quantitative estimate of drug-likeness (QED) is 0.741. The number of rotatable bonds is 4. The van der Waals surface area contributed by atoms with Crippen LogP contribution in [0.3, 0.4) is 0 Å². The molecule has 0 N–H and O–H groups in total. The van der Waals surface area contributed by atoms with E-state index in [2.05, 4.69) is 4.40 Å². The zero-order valence-electron chi connectivity index (χ0n) is 13.0. The molecule has 0 bridgehead atoms. The minimum absolute atomic E-state index is 0.0727. The predicted molar refractivity (Wildman–Crippen MR) is 98.3 cm³/mol. The topological polar surface area (TPSA) is 66.8 Å². The number of halogens is 1. The maximum Gasteiger partial charge on any atom is 0.294 e. The van der Waals surface area contributed by atoms with Crippen LogP contribution in [0.5, 0.6) is 0 Å². The first-order chi connectivity index (χ1) is 11.9. The highest BCUT2D eigenvalue weighted by molar-refractivity contribution is 8.19. The van der Waals surface area contributed by atoms with Crippen molar-refractivity contribution in [3.8, 4) is 0 Å². The molecule has 2 aromatic rings. The van der Waals surface area contributed by atoms with Crippen molar-refractivity contribution in [3.63, 3.8) is 0 Å². The average molecular weight is 396 g/mol. The highest BCUT2D eigenvalue weighted by Gasteiger charge is 2.34. The van der Waals surface area contributed by atoms with Gasteiger partial charge in [0, 0.05) is 12.1 Å². The number of hydrogen-bond donors (Lipinski definition) is 0. The number of carbonyl (C=O) groups excluding carboxylic acids is 1. The molecule has 0 atom stereocenters. The zero-order valence-corrected chi connectivity index (χ0v) is 15.5. The number of amidine groups is 1. The van der Waals surface area contributed by atoms with E-state index in [0.29, 0.717) is 0 Å². The standard InChI is InChI=1S/C16H13FN2O3S3/c1-2-19-15(20)13(10-11-6-3-4-7-12(11)17)24-16(19)18-25(21,22)14-8-5-9-23-14/h3-10H,2H2,1H3/b13-10-,18-16?. The Labute approximate surface area is 152 Å². The summed E-state index contributed by atoms with van der Waals surface area (Å²) in [5.41, 5.74) is 0.261. The van der Waals surface area contributed by atoms with E-state index in [1.807, 2.05) is 0 Å². The molecule has 3 rings (SSSR count). The smallest absolute Gasteiger partial charge is 0.286 e. The molecule has 0 spiro atoms. The maximum atomic E-state index is 13.8. The summed E-state index contributed by atoms with van der Waals surface area (Å²) in [5, 5.41) is 1.71. The van der Waals surface area contributed by atoms with Gasteiger partial charge < -0.3 is 0 Å². The van der Waals surface area contributed by atoms with Crippen LogP contribution in [0.2, 0.25) is 0 Å². The fraction of sp³-hybridized carbons (Fsp3) is 0.125. The van der Waals surface area contributed by atoms with E-state index in [-0.39, 0.29) is 26.4 Å². The highest BCUT2D eigenvalue weighted by Crippen LogP contribution is 2.34. The second-order valence-electron chi connectivity index (χ2n) is 4.96. The first kappa shape index (κ1) is 17.8. The summed E-state index contributed by atoms with van der Waals surface area (Å²) < 4.78 is 42.4. The van der Waals surface area contributed by atoms with Crippen LogP contribution in [0.15, 0.2) is 55.3 Å². The van der Waals surface area contributed by atoms with Gasteiger partial charge in [0.15, 0.2) is 5.17 Å². The monoisotopic (exact) mass is 396 g/mol. The number of thioether (sulfide) groups is 1. The van der Waals surface area contributed by atoms with Gasteiger partial charge in [0.1, 0.15) is 10.0 Å². The van der Waals surface area contributed by atoms with Gasteiger partial charge in [-0.15, -0.1) is 15.7 Å². The molecule has 1 aromatic carbocycles. The molecule has 25 heavy (non-hydrogen) atoms. The van der Waals surface area contributed by atoms with Crippen molar-refractivity contribution in [2.45, 2.75) is 11.1 Å². The summed E-state index contributed by atoms with van der Waals surface area (Å²) in [6.45, 7) is 1.98. The van der Waals surface area contributed by atoms with Gasteiger partial charge in [-0.2, -0.15) is 8.42 Å². The normalized spacial score (nSPS) is 18.5. The third-order valence-electron chi connectivity index (χ3n) is 3.34. The lowest BCUT2D eigenvalue weighted by Gasteiger charge is -2.11. The molecule has 130 valence electrons. The summed E-state index contributed by atoms with van der Waals surface area (Å²) in [5.74, 6) is -0.848. The molecule has 0 unspecified atom stereocenters. The predicted octanol–water partition coefficient (Wildman–Crippen LogP) is 3.57. The molecule has 1 saturated heterocycles. The summed E-state index contributed by atoms with van der Waals surface area (Å²) in [7, 11) is -3.88. The fourth-order valence-electron chi connectivity index (χ4n) is 2.15. The number of likely N-dealkylation sites (N-methyl/N-ethyl adjacent to an activating group) is 1. The second kappa shape index (κ2) is 7.11. The van der Waals surface area contributed by atoms with E-state index in [1.54, 1.807) is 36.6 Å². The molecule has 1 fully saturated rings. The van der Waals surface area contributed by atoms with E-state index < -0.39 is 21.7 Å². The van der Waals surface area contributed by atoms with Gasteiger partial charge in [-0.25, -0.2) is 4.39 Å². The zero-order chi connectivity index (χ0) is 18.0. The minimum atomic E-state index is -3.88. The minimum Gasteiger partial charge on any atom is -0.286 e. The maximum absolute atomic E-state index is 13.8. The van der Waals surface area contributed by atoms with Gasteiger partial charge in [-0.05, 0) is 42.3 Å². The van der Waals surface area contributed by atoms with Crippen molar-refractivity contribution in [2.75, 3.05) is 6.54 Å². The van der Waals surface area contributed by atoms with Gasteiger partial charge in [-0.1, -0.05) is 24.3 Å². The number of nitrogens with zero attached hydrogens (tertiary/aromatic N) is 2. The van der Waals surface area contributed by atoms with E-state index in [1.165, 1.54) is 23.1 Å². The second-order valence-corrected chi connectivity index (χ2v) is 8.75. The average Bonchev–Trinajstić information content (AvgIpc) is 3.19. The number of benzene rings is 1. The van der Waals surface area contributed by atoms with Crippen LogP contribution in [0.1, 0.15) is 12.5 Å². The molecule has 2 heterocycles. The number of thiophene rings is 1. The van der Waals surface area contributed by atoms with Crippen LogP contribution in [-0.4, -0.2) is 30.9 Å². The van der Waals surface area contributed by atoms with Crippen molar-refractivity contribution in [1.29, 1.82) is 0 Å². The highest BCUT2D eigenvalue weighted by atomic mass is 32.2. The Balaban J connectivity index is 1.99. The van der Waals surface area contributed by atoms with Crippen molar-refractivity contribution in [3.05, 3.63) is 58.1 Å². The van der Waals surface area contributed by atoms with Crippen molar-refractivity contribution < 1.29 is 17.6 Å². The van der Waals surface area contributed by atoms with E-state index in [4.69, 9.17) is 0 Å². The molecule has 9 heteroatoms. The summed E-state index contributed by atoms with van der Waals surface area (Å²) in [6.07, 6.45) is 1.41. The molecule has 5 nitrogen and oxygen atoms in total. The van der Waals surface area contributed by atoms with Gasteiger partial charge in [-0.3, -0.25) is 9.69 Å². The third-order valence-corrected chi connectivity index (χ3v) is 7.11. The number of carbonyl (C=O) groups is 1. The summed E-state index contributed by atoms with van der Waals surface area (Å²) in [4.78, 5) is 14.0. The fourth-order valence-corrected chi connectivity index (χ4v) is 5.35. The molecular formula is C16H13FN2O3S3. The van der Waals surface area contributed by atoms with Crippen LogP contribution in [0.25, 0.3) is 6.08 Å². The first-order valence-electron chi connectivity index (χ1n) is 7.27. The number of hydrogen-bond acceptors (Lipinski definition) is 5. The van der Waals surface area contributed by atoms with Crippen LogP contribution >= 0.6 is 23.1 Å². The van der Waals surface area contributed by atoms with E-state index >= 15 is 0 Å². The van der Waals surface area contributed by atoms with Gasteiger partial charge in [0.05, 0.1) is 4.91 Å². The molecule has 1 aliphatic rings. The molecular weight excluding hydrogens is 383 g/mol. The Bertz CT molecular complexity index is 966.